The second kappa shape index (κ2) is 3.39. The minimum absolute atomic E-state index is 0.778. The molecule has 0 unspecified atom stereocenters. The maximum absolute atomic E-state index is 11.9. The molecular formula is C11H15NOS. The fourth-order valence-corrected chi connectivity index (χ4v) is 3.10. The number of benzene rings is 1. The SMILES string of the molecule is Cc1ccc(N=S2(=O)CCC2)c(C)c1. The largest absolute Gasteiger partial charge is 0.249 e. The van der Waals surface area contributed by atoms with E-state index in [0.29, 0.717) is 0 Å². The van der Waals surface area contributed by atoms with E-state index in [0.717, 1.165) is 29.2 Å². The topological polar surface area (TPSA) is 29.4 Å². The van der Waals surface area contributed by atoms with E-state index in [2.05, 4.69) is 17.4 Å². The molecule has 76 valence electrons. The van der Waals surface area contributed by atoms with Crippen LogP contribution in [0.4, 0.5) is 5.69 Å². The van der Waals surface area contributed by atoms with Crippen molar-refractivity contribution in [1.29, 1.82) is 0 Å². The van der Waals surface area contributed by atoms with Crippen LogP contribution in [0.5, 0.6) is 0 Å². The maximum Gasteiger partial charge on any atom is 0.0759 e. The molecular weight excluding hydrogens is 194 g/mol. The molecule has 1 fully saturated rings. The lowest BCUT2D eigenvalue weighted by atomic mass is 10.1. The third-order valence-electron chi connectivity index (χ3n) is 2.54. The second-order valence-electron chi connectivity index (χ2n) is 3.92. The van der Waals surface area contributed by atoms with E-state index in [9.17, 15) is 4.21 Å². The Morgan fingerprint density at radius 2 is 2.00 bits per heavy atom. The van der Waals surface area contributed by atoms with Crippen molar-refractivity contribution in [3.8, 4) is 0 Å². The highest BCUT2D eigenvalue weighted by Gasteiger charge is 2.19. The van der Waals surface area contributed by atoms with Gasteiger partial charge in [0.15, 0.2) is 0 Å². The van der Waals surface area contributed by atoms with Crippen LogP contribution in [0, 0.1) is 13.8 Å². The molecule has 3 heteroatoms. The molecule has 2 nitrogen and oxygen atoms in total. The molecule has 0 N–H and O–H groups in total. The van der Waals surface area contributed by atoms with Gasteiger partial charge in [-0.3, -0.25) is 0 Å². The third-order valence-corrected chi connectivity index (χ3v) is 4.93. The number of aryl methyl sites for hydroxylation is 2. The van der Waals surface area contributed by atoms with Crippen molar-refractivity contribution in [1.82, 2.24) is 0 Å². The molecule has 0 spiro atoms. The van der Waals surface area contributed by atoms with Crippen LogP contribution in [-0.4, -0.2) is 15.7 Å². The molecule has 1 aromatic rings. The number of nitrogens with zero attached hydrogens (tertiary/aromatic N) is 1. The van der Waals surface area contributed by atoms with Gasteiger partial charge in [0.1, 0.15) is 0 Å². The summed E-state index contributed by atoms with van der Waals surface area (Å²) in [4.78, 5) is 0. The van der Waals surface area contributed by atoms with E-state index in [1.807, 2.05) is 19.1 Å². The molecule has 14 heavy (non-hydrogen) atoms. The predicted octanol–water partition coefficient (Wildman–Crippen LogP) is 2.81. The Kier molecular flexibility index (Phi) is 2.35. The minimum atomic E-state index is -1.85. The lowest BCUT2D eigenvalue weighted by molar-refractivity contribution is 0.663. The standard InChI is InChI=1S/C11H15NOS/c1-9-4-5-11(10(2)8-9)12-14(13)6-3-7-14/h4-5,8H,3,6-7H2,1-2H3. The second-order valence-corrected chi connectivity index (χ2v) is 6.46. The van der Waals surface area contributed by atoms with Crippen LogP contribution in [0.25, 0.3) is 0 Å². The summed E-state index contributed by atoms with van der Waals surface area (Å²) in [6.07, 6.45) is 1.06. The number of hydrogen-bond donors (Lipinski definition) is 0. The first-order chi connectivity index (χ1) is 6.59. The molecule has 0 amide bonds. The van der Waals surface area contributed by atoms with Crippen LogP contribution in [-0.2, 0) is 9.73 Å². The predicted molar refractivity (Wildman–Crippen MR) is 60.5 cm³/mol. The molecule has 0 saturated carbocycles. The van der Waals surface area contributed by atoms with Gasteiger partial charge >= 0.3 is 0 Å². The Morgan fingerprint density at radius 1 is 1.29 bits per heavy atom. The Hall–Kier alpha value is -0.830. The zero-order chi connectivity index (χ0) is 10.2. The lowest BCUT2D eigenvalue weighted by Crippen LogP contribution is -2.23. The molecule has 0 radical (unpaired) electrons. The molecule has 0 aromatic heterocycles. The Morgan fingerprint density at radius 3 is 2.50 bits per heavy atom. The molecule has 2 rings (SSSR count). The van der Waals surface area contributed by atoms with Crippen molar-refractivity contribution in [2.45, 2.75) is 20.3 Å². The normalized spacial score (nSPS) is 18.7. The van der Waals surface area contributed by atoms with Crippen molar-refractivity contribution in [3.05, 3.63) is 29.3 Å². The Balaban J connectivity index is 2.43. The van der Waals surface area contributed by atoms with Gasteiger partial charge in [-0.2, -0.15) is 4.36 Å². The van der Waals surface area contributed by atoms with Gasteiger partial charge in [-0.25, -0.2) is 4.21 Å². The summed E-state index contributed by atoms with van der Waals surface area (Å²) in [5.74, 6) is 1.56. The minimum Gasteiger partial charge on any atom is -0.249 e. The first kappa shape index (κ1) is 9.71. The maximum atomic E-state index is 11.9. The summed E-state index contributed by atoms with van der Waals surface area (Å²) >= 11 is 0. The van der Waals surface area contributed by atoms with E-state index in [1.54, 1.807) is 0 Å². The highest BCUT2D eigenvalue weighted by Crippen LogP contribution is 2.25. The van der Waals surface area contributed by atoms with Crippen LogP contribution < -0.4 is 0 Å². The smallest absolute Gasteiger partial charge is 0.0759 e. The van der Waals surface area contributed by atoms with Crippen molar-refractivity contribution in [2.24, 2.45) is 4.36 Å². The van der Waals surface area contributed by atoms with Gasteiger partial charge in [-0.15, -0.1) is 0 Å². The zero-order valence-corrected chi connectivity index (χ0v) is 9.43. The van der Waals surface area contributed by atoms with Gasteiger partial charge in [0.25, 0.3) is 0 Å². The quantitative estimate of drug-likeness (QED) is 0.699. The van der Waals surface area contributed by atoms with Gasteiger partial charge in [-0.1, -0.05) is 17.7 Å². The zero-order valence-electron chi connectivity index (χ0n) is 8.62. The van der Waals surface area contributed by atoms with Crippen LogP contribution in [0.2, 0.25) is 0 Å². The van der Waals surface area contributed by atoms with Crippen molar-refractivity contribution in [2.75, 3.05) is 11.5 Å². The van der Waals surface area contributed by atoms with E-state index >= 15 is 0 Å². The number of hydrogen-bond acceptors (Lipinski definition) is 2. The van der Waals surface area contributed by atoms with E-state index < -0.39 is 9.73 Å². The molecule has 0 atom stereocenters. The summed E-state index contributed by atoms with van der Waals surface area (Å²) in [7, 11) is -1.85. The van der Waals surface area contributed by atoms with Crippen LogP contribution in [0.15, 0.2) is 22.6 Å². The van der Waals surface area contributed by atoms with Gasteiger partial charge in [0.2, 0.25) is 0 Å². The fraction of sp³-hybridized carbons (Fsp3) is 0.455. The van der Waals surface area contributed by atoms with Crippen LogP contribution in [0.1, 0.15) is 17.5 Å². The molecule has 1 aliphatic heterocycles. The first-order valence-electron chi connectivity index (χ1n) is 4.89. The number of rotatable bonds is 1. The Bertz CT molecular complexity index is 460. The van der Waals surface area contributed by atoms with Crippen molar-refractivity contribution < 1.29 is 4.21 Å². The summed E-state index contributed by atoms with van der Waals surface area (Å²) in [6, 6.07) is 6.07. The van der Waals surface area contributed by atoms with Crippen LogP contribution >= 0.6 is 0 Å². The van der Waals surface area contributed by atoms with Crippen molar-refractivity contribution >= 4 is 15.4 Å². The molecule has 0 aliphatic carbocycles. The van der Waals surface area contributed by atoms with E-state index in [1.165, 1.54) is 5.56 Å². The van der Waals surface area contributed by atoms with Gasteiger partial charge in [-0.05, 0) is 31.9 Å². The van der Waals surface area contributed by atoms with Crippen molar-refractivity contribution in [3.63, 3.8) is 0 Å². The van der Waals surface area contributed by atoms with Gasteiger partial charge in [0, 0.05) is 11.5 Å². The lowest BCUT2D eigenvalue weighted by Gasteiger charge is -2.18. The first-order valence-corrected chi connectivity index (χ1v) is 6.74. The third kappa shape index (κ3) is 1.82. The molecule has 1 heterocycles. The van der Waals surface area contributed by atoms with Gasteiger partial charge < -0.3 is 0 Å². The Labute approximate surface area is 85.5 Å². The highest BCUT2D eigenvalue weighted by atomic mass is 32.2. The highest BCUT2D eigenvalue weighted by molar-refractivity contribution is 7.95. The van der Waals surface area contributed by atoms with E-state index in [-0.39, 0.29) is 0 Å². The fourth-order valence-electron chi connectivity index (χ4n) is 1.57. The average Bonchev–Trinajstić information content (AvgIpc) is 2.07. The summed E-state index contributed by atoms with van der Waals surface area (Å²) in [5, 5.41) is 0. The molecule has 1 aliphatic rings. The van der Waals surface area contributed by atoms with Crippen LogP contribution in [0.3, 0.4) is 0 Å². The summed E-state index contributed by atoms with van der Waals surface area (Å²) in [6.45, 7) is 4.08. The van der Waals surface area contributed by atoms with E-state index in [4.69, 9.17) is 0 Å². The molecule has 0 bridgehead atoms. The summed E-state index contributed by atoms with van der Waals surface area (Å²) < 4.78 is 16.2. The molecule has 1 aromatic carbocycles. The average molecular weight is 209 g/mol. The molecule has 1 saturated heterocycles. The van der Waals surface area contributed by atoms with Gasteiger partial charge in [0.05, 0.1) is 15.4 Å². The summed E-state index contributed by atoms with van der Waals surface area (Å²) in [5.41, 5.74) is 3.25. The monoisotopic (exact) mass is 209 g/mol.